The van der Waals surface area contributed by atoms with E-state index >= 15 is 0 Å². The Bertz CT molecular complexity index is 1850. The summed E-state index contributed by atoms with van der Waals surface area (Å²) in [5, 5.41) is 10.9. The molecular formula is C38H44N5O6S-. The van der Waals surface area contributed by atoms with E-state index in [2.05, 4.69) is 39.2 Å². The van der Waals surface area contributed by atoms with Crippen LogP contribution >= 0.6 is 0 Å². The van der Waals surface area contributed by atoms with Gasteiger partial charge in [-0.15, -0.1) is 0 Å². The molecule has 264 valence electrons. The van der Waals surface area contributed by atoms with E-state index < -0.39 is 16.7 Å². The van der Waals surface area contributed by atoms with Crippen LogP contribution in [0.5, 0.6) is 5.75 Å². The molecule has 2 aromatic heterocycles. The molecule has 4 heterocycles. The van der Waals surface area contributed by atoms with Crippen molar-refractivity contribution in [2.75, 3.05) is 45.9 Å². The molecule has 12 heteroatoms. The van der Waals surface area contributed by atoms with Gasteiger partial charge in [0.1, 0.15) is 29.2 Å². The second kappa shape index (κ2) is 16.9. The number of rotatable bonds is 7. The number of benzene rings is 2. The van der Waals surface area contributed by atoms with Gasteiger partial charge in [0.05, 0.1) is 18.8 Å². The first-order valence-corrected chi connectivity index (χ1v) is 17.9. The zero-order chi connectivity index (χ0) is 35.7. The first kappa shape index (κ1) is 36.7. The summed E-state index contributed by atoms with van der Waals surface area (Å²) in [4.78, 5) is 24.6. The van der Waals surface area contributed by atoms with Crippen molar-refractivity contribution in [3.8, 4) is 22.9 Å². The number of aryl methyl sites for hydroxylation is 1. The molecule has 0 saturated carbocycles. The Hall–Kier alpha value is -4.54. The summed E-state index contributed by atoms with van der Waals surface area (Å²) in [6, 6.07) is 16.8. The summed E-state index contributed by atoms with van der Waals surface area (Å²) in [6.45, 7) is 13.0. The number of fused-ring (bicyclic) bond motifs is 1. The van der Waals surface area contributed by atoms with Gasteiger partial charge in [0.25, 0.3) is 0 Å². The van der Waals surface area contributed by atoms with Crippen molar-refractivity contribution >= 4 is 34.3 Å². The fourth-order valence-corrected chi connectivity index (χ4v) is 6.03. The Balaban J connectivity index is 0.000000418. The Labute approximate surface area is 296 Å². The first-order chi connectivity index (χ1) is 24.0. The number of nitriles is 1. The lowest BCUT2D eigenvalue weighted by Crippen LogP contribution is -2.44. The molecular weight excluding hydrogens is 655 g/mol. The van der Waals surface area contributed by atoms with E-state index in [0.717, 1.165) is 66.1 Å². The van der Waals surface area contributed by atoms with Crippen LogP contribution in [0.25, 0.3) is 28.2 Å². The summed E-state index contributed by atoms with van der Waals surface area (Å²) in [5.74, 6) is 0.562. The monoisotopic (exact) mass is 698 g/mol. The van der Waals surface area contributed by atoms with Crippen LogP contribution in [0.1, 0.15) is 50.3 Å². The third-order valence-electron chi connectivity index (χ3n) is 8.34. The highest BCUT2D eigenvalue weighted by molar-refractivity contribution is 7.79. The lowest BCUT2D eigenvalue weighted by molar-refractivity contribution is 0.0126. The number of morpholine rings is 1. The number of amides is 1. The molecule has 1 N–H and O–H groups in total. The van der Waals surface area contributed by atoms with Gasteiger partial charge in [-0.05, 0) is 80.2 Å². The van der Waals surface area contributed by atoms with E-state index in [1.165, 1.54) is 0 Å². The van der Waals surface area contributed by atoms with Gasteiger partial charge in [-0.2, -0.15) is 5.26 Å². The Kier molecular flexibility index (Phi) is 12.4. The molecule has 0 radical (unpaired) electrons. The zero-order valence-electron chi connectivity index (χ0n) is 29.0. The number of ether oxygens (including phenoxy) is 3. The Morgan fingerprint density at radius 2 is 1.84 bits per heavy atom. The molecule has 4 aromatic rings. The number of nitrogens with one attached hydrogen (secondary N) is 1. The van der Waals surface area contributed by atoms with Crippen LogP contribution < -0.4 is 4.74 Å². The molecule has 1 amide bonds. The quantitative estimate of drug-likeness (QED) is 0.215. The van der Waals surface area contributed by atoms with Crippen LogP contribution in [0.15, 0.2) is 71.9 Å². The van der Waals surface area contributed by atoms with Crippen molar-refractivity contribution in [3.63, 3.8) is 0 Å². The van der Waals surface area contributed by atoms with Crippen LogP contribution in [0, 0.1) is 18.3 Å². The minimum atomic E-state index is -2.09. The van der Waals surface area contributed by atoms with E-state index in [-0.39, 0.29) is 12.2 Å². The number of pyridine rings is 1. The minimum absolute atomic E-state index is 0.0688. The van der Waals surface area contributed by atoms with Crippen LogP contribution in [0.3, 0.4) is 0 Å². The fraction of sp³-hybridized carbons (Fsp3) is 0.395. The van der Waals surface area contributed by atoms with Gasteiger partial charge < -0.3 is 28.6 Å². The molecule has 0 bridgehead atoms. The standard InChI is InChI=1S/C31H37N5O4.C7H8O2S/c1-31(2,3)40-30(37)36-11-8-25(9-12-36)39-28-7-6-23(18-24(28)19-32)27-21-34-29-26(27)17-22(20-33-29)5-4-10-35-13-15-38-16-14-35;1-6-2-4-7(5-3-6)10(8)9/h4-7,17-18,20-21,25H,8-16H2,1-3H3,(H,33,34);2-5H,1H3,(H,8,9)/p-1/b5-4+;. The molecule has 2 fully saturated rings. The number of carbonyl (C=O) groups excluding carboxylic acids is 1. The average molecular weight is 699 g/mol. The molecule has 2 aromatic carbocycles. The summed E-state index contributed by atoms with van der Waals surface area (Å²) >= 11 is -2.09. The normalized spacial score (nSPS) is 16.4. The van der Waals surface area contributed by atoms with Crippen molar-refractivity contribution in [1.29, 1.82) is 5.26 Å². The number of likely N-dealkylation sites (tertiary alicyclic amines) is 1. The van der Waals surface area contributed by atoms with Gasteiger partial charge in [0.2, 0.25) is 0 Å². The highest BCUT2D eigenvalue weighted by atomic mass is 32.2. The molecule has 2 aliphatic heterocycles. The number of H-pyrrole nitrogens is 1. The Morgan fingerprint density at radius 3 is 2.50 bits per heavy atom. The van der Waals surface area contributed by atoms with Gasteiger partial charge in [0, 0.05) is 73.8 Å². The topological polar surface area (TPSA) is 144 Å². The van der Waals surface area contributed by atoms with E-state index in [4.69, 9.17) is 14.2 Å². The van der Waals surface area contributed by atoms with Crippen LogP contribution in [0.2, 0.25) is 0 Å². The van der Waals surface area contributed by atoms with Crippen LogP contribution in [-0.2, 0) is 20.6 Å². The van der Waals surface area contributed by atoms with Crippen LogP contribution in [0.4, 0.5) is 4.79 Å². The van der Waals surface area contributed by atoms with Gasteiger partial charge in [0.15, 0.2) is 0 Å². The van der Waals surface area contributed by atoms with Gasteiger partial charge in [-0.1, -0.05) is 35.9 Å². The molecule has 0 aliphatic carbocycles. The fourth-order valence-electron chi connectivity index (χ4n) is 5.67. The third-order valence-corrected chi connectivity index (χ3v) is 9.00. The van der Waals surface area contributed by atoms with Gasteiger partial charge in [-0.25, -0.2) is 9.78 Å². The summed E-state index contributed by atoms with van der Waals surface area (Å²) in [7, 11) is 0. The van der Waals surface area contributed by atoms with Crippen LogP contribution in [-0.4, -0.2) is 92.3 Å². The second-order valence-electron chi connectivity index (χ2n) is 13.3. The van der Waals surface area contributed by atoms with Crippen molar-refractivity contribution in [1.82, 2.24) is 19.8 Å². The summed E-state index contributed by atoms with van der Waals surface area (Å²) in [5.41, 5.74) is 4.77. The van der Waals surface area contributed by atoms with Gasteiger partial charge >= 0.3 is 6.09 Å². The summed E-state index contributed by atoms with van der Waals surface area (Å²) < 4.78 is 37.8. The highest BCUT2D eigenvalue weighted by Crippen LogP contribution is 2.33. The maximum absolute atomic E-state index is 12.4. The van der Waals surface area contributed by atoms with Crippen molar-refractivity contribution in [3.05, 3.63) is 83.7 Å². The SMILES string of the molecule is CC(C)(C)OC(=O)N1CCC(Oc2ccc(-c3c[nH]c4ncc(/C=C/CN5CCOCC5)cc34)cc2C#N)CC1.Cc1ccc(S(=O)[O-])cc1. The average Bonchev–Trinajstić information content (AvgIpc) is 3.52. The number of piperidine rings is 1. The number of aromatic amines is 1. The largest absolute Gasteiger partial charge is 0.768 e. The molecule has 1 atom stereocenters. The van der Waals surface area contributed by atoms with E-state index in [0.29, 0.717) is 42.1 Å². The van der Waals surface area contributed by atoms with E-state index in [9.17, 15) is 18.8 Å². The second-order valence-corrected chi connectivity index (χ2v) is 14.3. The maximum Gasteiger partial charge on any atom is 0.410 e. The predicted molar refractivity (Wildman–Crippen MR) is 192 cm³/mol. The summed E-state index contributed by atoms with van der Waals surface area (Å²) in [6.07, 6.45) is 9.07. The van der Waals surface area contributed by atoms with Crippen molar-refractivity contribution < 1.29 is 27.8 Å². The molecule has 50 heavy (non-hydrogen) atoms. The molecule has 1 unspecified atom stereocenters. The number of hydrogen-bond donors (Lipinski definition) is 1. The molecule has 11 nitrogen and oxygen atoms in total. The van der Waals surface area contributed by atoms with E-state index in [1.807, 2.05) is 58.3 Å². The smallest absolute Gasteiger partial charge is 0.410 e. The molecule has 2 saturated heterocycles. The Morgan fingerprint density at radius 1 is 1.12 bits per heavy atom. The number of carbonyl (C=O) groups is 1. The lowest BCUT2D eigenvalue weighted by Gasteiger charge is -2.33. The lowest BCUT2D eigenvalue weighted by atomic mass is 10.0. The first-order valence-electron chi connectivity index (χ1n) is 16.8. The molecule has 0 spiro atoms. The van der Waals surface area contributed by atoms with Crippen molar-refractivity contribution in [2.24, 2.45) is 0 Å². The molecule has 6 rings (SSSR count). The highest BCUT2D eigenvalue weighted by Gasteiger charge is 2.28. The zero-order valence-corrected chi connectivity index (χ0v) is 29.8. The van der Waals surface area contributed by atoms with Crippen molar-refractivity contribution in [2.45, 2.75) is 57.1 Å². The number of hydrogen-bond acceptors (Lipinski definition) is 9. The predicted octanol–water partition coefficient (Wildman–Crippen LogP) is 6.46. The number of aromatic nitrogens is 2. The maximum atomic E-state index is 12.4. The van der Waals surface area contributed by atoms with E-state index in [1.54, 1.807) is 29.2 Å². The minimum Gasteiger partial charge on any atom is -0.768 e. The number of nitrogens with zero attached hydrogens (tertiary/aromatic N) is 4. The third kappa shape index (κ3) is 10.2. The van der Waals surface area contributed by atoms with Gasteiger partial charge in [-0.3, -0.25) is 9.11 Å². The molecule has 2 aliphatic rings.